The molecule has 1 aromatic rings. The van der Waals surface area contributed by atoms with Gasteiger partial charge in [-0.1, -0.05) is 37.0 Å². The van der Waals surface area contributed by atoms with E-state index in [0.29, 0.717) is 5.92 Å². The zero-order valence-electron chi connectivity index (χ0n) is 12.5. The minimum Gasteiger partial charge on any atom is -0.401 e. The van der Waals surface area contributed by atoms with Crippen LogP contribution in [0.2, 0.25) is 19.6 Å². The molecule has 0 amide bonds. The summed E-state index contributed by atoms with van der Waals surface area (Å²) in [5.41, 5.74) is 0.875. The monoisotopic (exact) mass is 272 g/mol. The van der Waals surface area contributed by atoms with Crippen molar-refractivity contribution in [2.75, 3.05) is 0 Å². The van der Waals surface area contributed by atoms with Gasteiger partial charge in [0, 0.05) is 5.56 Å². The first-order valence-electron chi connectivity index (χ1n) is 7.20. The second-order valence-corrected chi connectivity index (χ2v) is 10.9. The molecule has 2 rings (SSSR count). The summed E-state index contributed by atoms with van der Waals surface area (Å²) in [5.74, 6) is 7.35. The van der Waals surface area contributed by atoms with Crippen LogP contribution in [0.25, 0.3) is 0 Å². The summed E-state index contributed by atoms with van der Waals surface area (Å²) >= 11 is 0. The summed E-state index contributed by atoms with van der Waals surface area (Å²) in [6.07, 6.45) is 3.54. The van der Waals surface area contributed by atoms with E-state index in [4.69, 9.17) is 4.43 Å². The van der Waals surface area contributed by atoms with Crippen molar-refractivity contribution in [2.45, 2.75) is 51.4 Å². The number of hydrogen-bond acceptors (Lipinski definition) is 1. The van der Waals surface area contributed by atoms with Crippen LogP contribution in [-0.2, 0) is 4.43 Å². The molecule has 0 heterocycles. The Bertz CT molecular complexity index is 477. The van der Waals surface area contributed by atoms with E-state index in [1.165, 1.54) is 12.8 Å². The van der Waals surface area contributed by atoms with Gasteiger partial charge in [-0.05, 0) is 57.0 Å². The van der Waals surface area contributed by atoms with Gasteiger partial charge in [0.2, 0.25) is 0 Å². The molecule has 1 aliphatic carbocycles. The quantitative estimate of drug-likeness (QED) is 0.571. The van der Waals surface area contributed by atoms with Crippen LogP contribution in [0.5, 0.6) is 0 Å². The van der Waals surface area contributed by atoms with Crippen molar-refractivity contribution in [3.63, 3.8) is 0 Å². The van der Waals surface area contributed by atoms with Gasteiger partial charge in [0.25, 0.3) is 0 Å². The van der Waals surface area contributed by atoms with Crippen LogP contribution in [0, 0.1) is 17.8 Å². The number of hydrogen-bond donors (Lipinski definition) is 0. The summed E-state index contributed by atoms with van der Waals surface area (Å²) in [7, 11) is -1.58. The van der Waals surface area contributed by atoms with Crippen molar-refractivity contribution in [2.24, 2.45) is 5.92 Å². The molecule has 1 saturated carbocycles. The van der Waals surface area contributed by atoms with Gasteiger partial charge in [-0.25, -0.2) is 0 Å². The topological polar surface area (TPSA) is 9.23 Å². The Hall–Kier alpha value is -1.04. The Kier molecular flexibility index (Phi) is 4.18. The molecule has 0 radical (unpaired) electrons. The summed E-state index contributed by atoms with van der Waals surface area (Å²) < 4.78 is 6.49. The first-order valence-corrected chi connectivity index (χ1v) is 10.6. The molecule has 0 unspecified atom stereocenters. The van der Waals surface area contributed by atoms with Gasteiger partial charge in [0.15, 0.2) is 8.32 Å². The zero-order valence-corrected chi connectivity index (χ0v) is 13.5. The molecular formula is C17H24OSi. The van der Waals surface area contributed by atoms with Gasteiger partial charge in [0.1, 0.15) is 5.60 Å². The molecule has 0 aliphatic heterocycles. The molecule has 19 heavy (non-hydrogen) atoms. The molecule has 0 bridgehead atoms. The van der Waals surface area contributed by atoms with Crippen LogP contribution >= 0.6 is 0 Å². The Morgan fingerprint density at radius 2 is 1.89 bits per heavy atom. The Morgan fingerprint density at radius 3 is 2.42 bits per heavy atom. The number of rotatable bonds is 2. The average molecular weight is 272 g/mol. The highest BCUT2D eigenvalue weighted by Crippen LogP contribution is 2.40. The molecule has 1 aliphatic rings. The maximum Gasteiger partial charge on any atom is 0.185 e. The highest BCUT2D eigenvalue weighted by molar-refractivity contribution is 6.69. The van der Waals surface area contributed by atoms with Gasteiger partial charge < -0.3 is 4.43 Å². The van der Waals surface area contributed by atoms with Crippen LogP contribution in [0.4, 0.5) is 0 Å². The van der Waals surface area contributed by atoms with Crippen molar-refractivity contribution >= 4 is 8.32 Å². The minimum atomic E-state index is -1.58. The van der Waals surface area contributed by atoms with E-state index in [0.717, 1.165) is 12.0 Å². The van der Waals surface area contributed by atoms with Crippen molar-refractivity contribution in [3.05, 3.63) is 35.9 Å². The zero-order chi connectivity index (χ0) is 13.9. The van der Waals surface area contributed by atoms with Crippen LogP contribution in [0.3, 0.4) is 0 Å². The standard InChI is InChI=1S/C17H24OSi/c1-15-9-8-13-17(15,18-19(2,3)4)14-12-16-10-6-5-7-11-16/h5-7,10-11,15H,8-9,13H2,1-4H3/t15-,17+/m1/s1. The van der Waals surface area contributed by atoms with Crippen molar-refractivity contribution in [1.82, 2.24) is 0 Å². The Balaban J connectivity index is 2.27. The highest BCUT2D eigenvalue weighted by atomic mass is 28.4. The summed E-state index contributed by atoms with van der Waals surface area (Å²) in [6.45, 7) is 9.05. The van der Waals surface area contributed by atoms with Gasteiger partial charge >= 0.3 is 0 Å². The first kappa shape index (κ1) is 14.4. The highest BCUT2D eigenvalue weighted by Gasteiger charge is 2.42. The lowest BCUT2D eigenvalue weighted by Gasteiger charge is -2.35. The molecule has 1 nitrogen and oxygen atoms in total. The summed E-state index contributed by atoms with van der Waals surface area (Å²) in [5, 5.41) is 0. The molecular weight excluding hydrogens is 248 g/mol. The van der Waals surface area contributed by atoms with E-state index in [9.17, 15) is 0 Å². The van der Waals surface area contributed by atoms with E-state index < -0.39 is 8.32 Å². The fourth-order valence-electron chi connectivity index (χ4n) is 2.76. The van der Waals surface area contributed by atoms with Crippen molar-refractivity contribution in [1.29, 1.82) is 0 Å². The van der Waals surface area contributed by atoms with Crippen molar-refractivity contribution in [3.8, 4) is 11.8 Å². The van der Waals surface area contributed by atoms with E-state index in [2.05, 4.69) is 50.5 Å². The smallest absolute Gasteiger partial charge is 0.185 e. The Labute approximate surface area is 118 Å². The first-order chi connectivity index (χ1) is 8.91. The van der Waals surface area contributed by atoms with Gasteiger partial charge in [-0.2, -0.15) is 0 Å². The fraction of sp³-hybridized carbons (Fsp3) is 0.529. The van der Waals surface area contributed by atoms with Gasteiger partial charge in [0.05, 0.1) is 0 Å². The lowest BCUT2D eigenvalue weighted by atomic mass is 9.93. The van der Waals surface area contributed by atoms with Gasteiger partial charge in [-0.3, -0.25) is 0 Å². The molecule has 0 aromatic heterocycles. The van der Waals surface area contributed by atoms with E-state index in [1.54, 1.807) is 0 Å². The van der Waals surface area contributed by atoms with E-state index in [1.807, 2.05) is 18.2 Å². The SMILES string of the molecule is C[C@@H]1CCC[C@@]1(C#Cc1ccccc1)O[Si](C)(C)C. The molecule has 1 aromatic carbocycles. The molecule has 0 saturated heterocycles. The molecule has 2 heteroatoms. The molecule has 0 N–H and O–H groups in total. The average Bonchev–Trinajstić information content (AvgIpc) is 2.68. The second-order valence-electron chi connectivity index (χ2n) is 6.51. The summed E-state index contributed by atoms with van der Waals surface area (Å²) in [6, 6.07) is 10.2. The fourth-order valence-corrected chi connectivity index (χ4v) is 4.21. The molecule has 102 valence electrons. The predicted molar refractivity (Wildman–Crippen MR) is 83.5 cm³/mol. The Morgan fingerprint density at radius 1 is 1.21 bits per heavy atom. The van der Waals surface area contributed by atoms with Crippen LogP contribution < -0.4 is 0 Å². The third-order valence-corrected chi connectivity index (χ3v) is 4.64. The third-order valence-electron chi connectivity index (χ3n) is 3.66. The molecule has 1 fully saturated rings. The van der Waals surface area contributed by atoms with Crippen LogP contribution in [-0.4, -0.2) is 13.9 Å². The lowest BCUT2D eigenvalue weighted by Crippen LogP contribution is -2.43. The van der Waals surface area contributed by atoms with E-state index in [-0.39, 0.29) is 5.60 Å². The van der Waals surface area contributed by atoms with E-state index >= 15 is 0 Å². The molecule has 2 atom stereocenters. The lowest BCUT2D eigenvalue weighted by molar-refractivity contribution is 0.0883. The maximum atomic E-state index is 6.49. The van der Waals surface area contributed by atoms with Crippen LogP contribution in [0.1, 0.15) is 31.7 Å². The summed E-state index contributed by atoms with van der Waals surface area (Å²) in [4.78, 5) is 0. The third kappa shape index (κ3) is 3.71. The largest absolute Gasteiger partial charge is 0.401 e. The number of benzene rings is 1. The van der Waals surface area contributed by atoms with Gasteiger partial charge in [-0.15, -0.1) is 0 Å². The minimum absolute atomic E-state index is 0.208. The normalized spacial score (nSPS) is 26.8. The molecule has 0 spiro atoms. The second kappa shape index (κ2) is 5.52. The van der Waals surface area contributed by atoms with Crippen LogP contribution in [0.15, 0.2) is 30.3 Å². The predicted octanol–water partition coefficient (Wildman–Crippen LogP) is 4.45. The maximum absolute atomic E-state index is 6.49. The van der Waals surface area contributed by atoms with Crippen molar-refractivity contribution < 1.29 is 4.43 Å².